The van der Waals surface area contributed by atoms with Gasteiger partial charge in [-0.1, -0.05) is 105 Å². The van der Waals surface area contributed by atoms with Crippen molar-refractivity contribution in [2.45, 2.75) is 181 Å². The first-order valence-corrected chi connectivity index (χ1v) is 16.4. The maximum Gasteiger partial charge on any atom is 0.408 e. The van der Waals surface area contributed by atoms with Crippen molar-refractivity contribution >= 4 is 18.0 Å². The molecular formula is C33H61NO6. The number of hydrogen-bond donors (Lipinski definition) is 1. The van der Waals surface area contributed by atoms with Crippen LogP contribution in [0.1, 0.15) is 158 Å². The first-order chi connectivity index (χ1) is 19.0. The van der Waals surface area contributed by atoms with E-state index in [4.69, 9.17) is 14.2 Å². The maximum atomic E-state index is 13.3. The molecule has 1 aliphatic heterocycles. The van der Waals surface area contributed by atoms with Crippen LogP contribution in [0.3, 0.4) is 0 Å². The molecule has 1 saturated heterocycles. The van der Waals surface area contributed by atoms with Gasteiger partial charge in [-0.2, -0.15) is 0 Å². The van der Waals surface area contributed by atoms with Crippen LogP contribution in [0.2, 0.25) is 0 Å². The number of esters is 2. The van der Waals surface area contributed by atoms with Gasteiger partial charge in [-0.3, -0.25) is 4.79 Å². The summed E-state index contributed by atoms with van der Waals surface area (Å²) in [5.74, 6) is -0.486. The molecule has 7 heteroatoms. The Bertz CT molecular complexity index is 716. The molecule has 0 aromatic rings. The smallest absolute Gasteiger partial charge is 0.408 e. The van der Waals surface area contributed by atoms with Crippen LogP contribution < -0.4 is 5.32 Å². The number of alkyl carbamates (subject to hydrolysis) is 1. The summed E-state index contributed by atoms with van der Waals surface area (Å²) < 4.78 is 17.0. The highest BCUT2D eigenvalue weighted by atomic mass is 16.6. The van der Waals surface area contributed by atoms with Gasteiger partial charge in [0.15, 0.2) is 0 Å². The SMILES string of the molecule is CCCCCCCCCCCC(CC1OC(=O)C1CCCCCC)OC(=O)C(CC(C)C)NC(=O)OC(C)(C)C. The first-order valence-electron chi connectivity index (χ1n) is 16.4. The van der Waals surface area contributed by atoms with E-state index in [1.807, 2.05) is 13.8 Å². The van der Waals surface area contributed by atoms with Crippen LogP contribution in [-0.4, -0.2) is 41.9 Å². The van der Waals surface area contributed by atoms with E-state index in [9.17, 15) is 14.4 Å². The Labute approximate surface area is 245 Å². The fourth-order valence-electron chi connectivity index (χ4n) is 5.25. The maximum absolute atomic E-state index is 13.3. The van der Waals surface area contributed by atoms with Crippen LogP contribution in [0.5, 0.6) is 0 Å². The number of unbranched alkanes of at least 4 members (excludes halogenated alkanes) is 11. The number of rotatable bonds is 22. The van der Waals surface area contributed by atoms with E-state index in [1.54, 1.807) is 20.8 Å². The summed E-state index contributed by atoms with van der Waals surface area (Å²) in [6, 6.07) is -0.783. The Morgan fingerprint density at radius 3 is 1.95 bits per heavy atom. The molecule has 1 N–H and O–H groups in total. The second-order valence-corrected chi connectivity index (χ2v) is 13.2. The standard InChI is InChI=1S/C33H61NO6/c1-8-10-12-14-15-16-17-18-19-21-26(24-29-27(30(35)39-29)22-20-13-11-9-2)38-31(36)28(23-25(3)4)34-32(37)40-33(5,6)7/h25-29H,8-24H2,1-7H3,(H,34,37). The molecule has 0 spiro atoms. The van der Waals surface area contributed by atoms with Crippen LogP contribution in [0.15, 0.2) is 0 Å². The van der Waals surface area contributed by atoms with Crippen LogP contribution in [0.4, 0.5) is 4.79 Å². The fourth-order valence-corrected chi connectivity index (χ4v) is 5.25. The van der Waals surface area contributed by atoms with Crippen molar-refractivity contribution in [3.63, 3.8) is 0 Å². The second-order valence-electron chi connectivity index (χ2n) is 13.2. The van der Waals surface area contributed by atoms with Crippen LogP contribution in [0, 0.1) is 11.8 Å². The Hall–Kier alpha value is -1.79. The van der Waals surface area contributed by atoms with Crippen molar-refractivity contribution in [1.29, 1.82) is 0 Å². The fraction of sp³-hybridized carbons (Fsp3) is 0.909. The summed E-state index contributed by atoms with van der Waals surface area (Å²) in [5.41, 5.74) is -0.658. The molecule has 0 radical (unpaired) electrons. The Morgan fingerprint density at radius 2 is 1.43 bits per heavy atom. The molecule has 0 bridgehead atoms. The first kappa shape index (κ1) is 36.2. The van der Waals surface area contributed by atoms with E-state index in [0.29, 0.717) is 12.8 Å². The lowest BCUT2D eigenvalue weighted by Crippen LogP contribution is -2.49. The van der Waals surface area contributed by atoms with Gasteiger partial charge in [0.1, 0.15) is 23.9 Å². The van der Waals surface area contributed by atoms with Gasteiger partial charge >= 0.3 is 18.0 Å². The summed E-state index contributed by atoms with van der Waals surface area (Å²) in [5, 5.41) is 2.73. The van der Waals surface area contributed by atoms with Gasteiger partial charge in [-0.15, -0.1) is 0 Å². The molecule has 7 nitrogen and oxygen atoms in total. The highest BCUT2D eigenvalue weighted by Gasteiger charge is 2.43. The zero-order valence-corrected chi connectivity index (χ0v) is 26.9. The molecule has 1 fully saturated rings. The predicted octanol–water partition coefficient (Wildman–Crippen LogP) is 8.66. The minimum absolute atomic E-state index is 0.104. The zero-order valence-electron chi connectivity index (χ0n) is 26.9. The molecule has 1 amide bonds. The lowest BCUT2D eigenvalue weighted by atomic mass is 9.86. The molecule has 0 aliphatic carbocycles. The summed E-state index contributed by atoms with van der Waals surface area (Å²) in [4.78, 5) is 38.0. The van der Waals surface area contributed by atoms with Gasteiger partial charge in [0, 0.05) is 6.42 Å². The largest absolute Gasteiger partial charge is 0.461 e. The molecule has 0 aromatic heterocycles. The van der Waals surface area contributed by atoms with Crippen molar-refractivity contribution < 1.29 is 28.6 Å². The average molecular weight is 568 g/mol. The van der Waals surface area contributed by atoms with Crippen molar-refractivity contribution in [1.82, 2.24) is 5.32 Å². The van der Waals surface area contributed by atoms with Crippen molar-refractivity contribution in [3.05, 3.63) is 0 Å². The monoisotopic (exact) mass is 567 g/mol. The van der Waals surface area contributed by atoms with Gasteiger partial charge in [0.2, 0.25) is 0 Å². The molecule has 234 valence electrons. The van der Waals surface area contributed by atoms with E-state index >= 15 is 0 Å². The van der Waals surface area contributed by atoms with E-state index in [1.165, 1.54) is 51.4 Å². The van der Waals surface area contributed by atoms with E-state index in [2.05, 4.69) is 19.2 Å². The van der Waals surface area contributed by atoms with Crippen LogP contribution >= 0.6 is 0 Å². The highest BCUT2D eigenvalue weighted by molar-refractivity contribution is 5.81. The van der Waals surface area contributed by atoms with Gasteiger partial charge in [0.05, 0.1) is 5.92 Å². The minimum atomic E-state index is -0.783. The average Bonchev–Trinajstić information content (AvgIpc) is 2.85. The lowest BCUT2D eigenvalue weighted by molar-refractivity contribution is -0.190. The molecular weight excluding hydrogens is 506 g/mol. The van der Waals surface area contributed by atoms with Gasteiger partial charge in [0.25, 0.3) is 0 Å². The number of cyclic esters (lactones) is 1. The summed E-state index contributed by atoms with van der Waals surface area (Å²) in [6.07, 6.45) is 16.8. The summed E-state index contributed by atoms with van der Waals surface area (Å²) in [6.45, 7) is 13.8. The third kappa shape index (κ3) is 16.5. The minimum Gasteiger partial charge on any atom is -0.461 e. The molecule has 0 aromatic carbocycles. The van der Waals surface area contributed by atoms with E-state index in [0.717, 1.165) is 44.9 Å². The van der Waals surface area contributed by atoms with E-state index < -0.39 is 23.7 Å². The Balaban J connectivity index is 2.75. The van der Waals surface area contributed by atoms with Crippen molar-refractivity contribution in [2.75, 3.05) is 0 Å². The van der Waals surface area contributed by atoms with Gasteiger partial charge in [-0.05, 0) is 52.4 Å². The number of carbonyl (C=O) groups is 3. The van der Waals surface area contributed by atoms with E-state index in [-0.39, 0.29) is 30.0 Å². The van der Waals surface area contributed by atoms with Gasteiger partial charge in [-0.25, -0.2) is 9.59 Å². The zero-order chi connectivity index (χ0) is 30.0. The number of amides is 1. The number of ether oxygens (including phenoxy) is 3. The van der Waals surface area contributed by atoms with Crippen molar-refractivity contribution in [3.8, 4) is 0 Å². The van der Waals surface area contributed by atoms with Crippen LogP contribution in [0.25, 0.3) is 0 Å². The highest BCUT2D eigenvalue weighted by Crippen LogP contribution is 2.33. The molecule has 4 atom stereocenters. The number of hydrogen-bond acceptors (Lipinski definition) is 6. The second kappa shape index (κ2) is 20.1. The Kier molecular flexibility index (Phi) is 18.3. The van der Waals surface area contributed by atoms with Crippen molar-refractivity contribution in [2.24, 2.45) is 11.8 Å². The lowest BCUT2D eigenvalue weighted by Gasteiger charge is -2.37. The molecule has 4 unspecified atom stereocenters. The third-order valence-corrected chi connectivity index (χ3v) is 7.48. The topological polar surface area (TPSA) is 90.9 Å². The third-order valence-electron chi connectivity index (χ3n) is 7.48. The molecule has 40 heavy (non-hydrogen) atoms. The normalized spacial score (nSPS) is 18.6. The molecule has 0 saturated carbocycles. The summed E-state index contributed by atoms with van der Waals surface area (Å²) in [7, 11) is 0. The number of nitrogens with one attached hydrogen (secondary N) is 1. The molecule has 1 aliphatic rings. The molecule has 1 heterocycles. The summed E-state index contributed by atoms with van der Waals surface area (Å²) >= 11 is 0. The quantitative estimate of drug-likeness (QED) is 0.0799. The molecule has 1 rings (SSSR count). The van der Waals surface area contributed by atoms with Crippen LogP contribution in [-0.2, 0) is 23.8 Å². The number of carbonyl (C=O) groups excluding carboxylic acids is 3. The Morgan fingerprint density at radius 1 is 0.875 bits per heavy atom. The van der Waals surface area contributed by atoms with Gasteiger partial charge < -0.3 is 19.5 Å². The predicted molar refractivity (Wildman–Crippen MR) is 161 cm³/mol.